The second kappa shape index (κ2) is 13.8. The maximum absolute atomic E-state index is 13.7. The minimum atomic E-state index is -0.0660. The first kappa shape index (κ1) is 25.8. The van der Waals surface area contributed by atoms with Gasteiger partial charge in [0.25, 0.3) is 5.91 Å². The van der Waals surface area contributed by atoms with Crippen molar-refractivity contribution in [3.8, 4) is 17.2 Å². The Morgan fingerprint density at radius 3 is 2.21 bits per heavy atom. The molecule has 2 heterocycles. The second-order valence-corrected chi connectivity index (χ2v) is 7.99. The van der Waals surface area contributed by atoms with Crippen molar-refractivity contribution in [2.24, 2.45) is 0 Å². The Kier molecular flexibility index (Phi) is 10.4. The van der Waals surface area contributed by atoms with Gasteiger partial charge in [0.2, 0.25) is 5.75 Å². The maximum atomic E-state index is 13.7. The monoisotopic (exact) mass is 471 g/mol. The van der Waals surface area contributed by atoms with Crippen molar-refractivity contribution in [2.45, 2.75) is 33.7 Å². The van der Waals surface area contributed by atoms with Crippen molar-refractivity contribution < 1.29 is 23.7 Å². The molecule has 1 aliphatic rings. The molecule has 8 nitrogen and oxygen atoms in total. The van der Waals surface area contributed by atoms with Gasteiger partial charge >= 0.3 is 0 Å². The molecular weight excluding hydrogens is 434 g/mol. The van der Waals surface area contributed by atoms with Crippen LogP contribution in [0.1, 0.15) is 43.1 Å². The van der Waals surface area contributed by atoms with E-state index in [9.17, 15) is 4.79 Å². The van der Waals surface area contributed by atoms with Crippen molar-refractivity contribution in [3.63, 3.8) is 0 Å². The van der Waals surface area contributed by atoms with Gasteiger partial charge in [0.05, 0.1) is 33.0 Å². The normalized spacial score (nSPS) is 14.0. The Bertz CT molecular complexity index is 860. The summed E-state index contributed by atoms with van der Waals surface area (Å²) in [6, 6.07) is 7.41. The predicted octanol–water partition coefficient (Wildman–Crippen LogP) is 3.64. The summed E-state index contributed by atoms with van der Waals surface area (Å²) in [5.41, 5.74) is 1.56. The molecule has 8 heteroatoms. The van der Waals surface area contributed by atoms with Crippen LogP contribution in [0.5, 0.6) is 17.2 Å². The largest absolute Gasteiger partial charge is 0.490 e. The third-order valence-corrected chi connectivity index (χ3v) is 5.57. The molecule has 1 saturated heterocycles. The number of benzene rings is 1. The van der Waals surface area contributed by atoms with E-state index in [1.165, 1.54) is 0 Å². The van der Waals surface area contributed by atoms with Crippen molar-refractivity contribution >= 4 is 5.91 Å². The van der Waals surface area contributed by atoms with E-state index in [2.05, 4.69) is 9.88 Å². The highest BCUT2D eigenvalue weighted by Gasteiger charge is 2.22. The minimum Gasteiger partial charge on any atom is -0.490 e. The summed E-state index contributed by atoms with van der Waals surface area (Å²) in [5.74, 6) is 1.52. The van der Waals surface area contributed by atoms with E-state index in [0.717, 1.165) is 44.8 Å². The molecule has 1 fully saturated rings. The summed E-state index contributed by atoms with van der Waals surface area (Å²) in [6.45, 7) is 12.6. The molecule has 2 aromatic rings. The Hall–Kier alpha value is -2.84. The fourth-order valence-corrected chi connectivity index (χ4v) is 3.97. The lowest BCUT2D eigenvalue weighted by Gasteiger charge is -2.28. The lowest BCUT2D eigenvalue weighted by Crippen LogP contribution is -2.39. The van der Waals surface area contributed by atoms with Gasteiger partial charge < -0.3 is 23.8 Å². The molecule has 0 spiro atoms. The third kappa shape index (κ3) is 7.33. The molecule has 0 bridgehead atoms. The number of pyridine rings is 1. The summed E-state index contributed by atoms with van der Waals surface area (Å²) in [5, 5.41) is 0. The molecule has 1 aromatic carbocycles. The molecule has 0 aliphatic carbocycles. The van der Waals surface area contributed by atoms with Crippen LogP contribution in [0.2, 0.25) is 0 Å². The lowest BCUT2D eigenvalue weighted by molar-refractivity contribution is 0.0355. The summed E-state index contributed by atoms with van der Waals surface area (Å²) < 4.78 is 22.9. The van der Waals surface area contributed by atoms with Gasteiger partial charge in [-0.25, -0.2) is 0 Å². The topological polar surface area (TPSA) is 73.4 Å². The molecule has 0 radical (unpaired) electrons. The van der Waals surface area contributed by atoms with Gasteiger partial charge in [-0.3, -0.25) is 14.7 Å². The van der Waals surface area contributed by atoms with Crippen LogP contribution in [0.3, 0.4) is 0 Å². The second-order valence-electron chi connectivity index (χ2n) is 7.99. The molecular formula is C26H37N3O5. The highest BCUT2D eigenvalue weighted by atomic mass is 16.5. The van der Waals surface area contributed by atoms with Crippen LogP contribution < -0.4 is 14.2 Å². The van der Waals surface area contributed by atoms with Gasteiger partial charge in [0, 0.05) is 50.7 Å². The Morgan fingerprint density at radius 1 is 1.00 bits per heavy atom. The number of amides is 1. The van der Waals surface area contributed by atoms with Crippen LogP contribution in [0.25, 0.3) is 0 Å². The zero-order valence-electron chi connectivity index (χ0n) is 20.6. The number of hydrogen-bond donors (Lipinski definition) is 0. The number of aromatic nitrogens is 1. The molecule has 1 aliphatic heterocycles. The summed E-state index contributed by atoms with van der Waals surface area (Å²) in [4.78, 5) is 22.1. The zero-order valence-corrected chi connectivity index (χ0v) is 20.6. The van der Waals surface area contributed by atoms with Gasteiger partial charge in [-0.05, 0) is 57.0 Å². The van der Waals surface area contributed by atoms with Gasteiger partial charge in [0.15, 0.2) is 11.5 Å². The number of carbonyl (C=O) groups excluding carboxylic acids is 1. The summed E-state index contributed by atoms with van der Waals surface area (Å²) >= 11 is 0. The van der Waals surface area contributed by atoms with Crippen molar-refractivity contribution in [2.75, 3.05) is 59.2 Å². The van der Waals surface area contributed by atoms with Crippen LogP contribution in [-0.4, -0.2) is 79.9 Å². The Morgan fingerprint density at radius 2 is 1.62 bits per heavy atom. The predicted molar refractivity (Wildman–Crippen MR) is 131 cm³/mol. The van der Waals surface area contributed by atoms with Gasteiger partial charge in [-0.1, -0.05) is 0 Å². The van der Waals surface area contributed by atoms with Gasteiger partial charge in [-0.2, -0.15) is 0 Å². The average molecular weight is 472 g/mol. The minimum absolute atomic E-state index is 0.0660. The molecule has 3 rings (SSSR count). The van der Waals surface area contributed by atoms with Crippen molar-refractivity contribution in [3.05, 3.63) is 47.8 Å². The molecule has 0 N–H and O–H groups in total. The first-order valence-electron chi connectivity index (χ1n) is 12.2. The van der Waals surface area contributed by atoms with Crippen molar-refractivity contribution in [1.82, 2.24) is 14.8 Å². The molecule has 0 atom stereocenters. The van der Waals surface area contributed by atoms with E-state index in [-0.39, 0.29) is 5.91 Å². The van der Waals surface area contributed by atoms with Crippen LogP contribution >= 0.6 is 0 Å². The molecule has 186 valence electrons. The SMILES string of the molecule is CCOc1cc(C(=O)N(CCCN2CCOCC2)Cc2ccncc2)cc(OCC)c1OCC. The van der Waals surface area contributed by atoms with E-state index in [1.807, 2.05) is 37.8 Å². The van der Waals surface area contributed by atoms with Crippen LogP contribution in [0.15, 0.2) is 36.7 Å². The van der Waals surface area contributed by atoms with E-state index in [4.69, 9.17) is 18.9 Å². The highest BCUT2D eigenvalue weighted by molar-refractivity contribution is 5.95. The van der Waals surface area contributed by atoms with Crippen LogP contribution in [0, 0.1) is 0 Å². The molecule has 0 unspecified atom stereocenters. The van der Waals surface area contributed by atoms with Gasteiger partial charge in [-0.15, -0.1) is 0 Å². The quantitative estimate of drug-likeness (QED) is 0.442. The van der Waals surface area contributed by atoms with E-state index in [1.54, 1.807) is 24.5 Å². The fraction of sp³-hybridized carbons (Fsp3) is 0.538. The number of ether oxygens (including phenoxy) is 4. The standard InChI is InChI=1S/C26H37N3O5/c1-4-32-23-18-22(19-24(33-5-2)25(23)34-6-3)26(30)29(20-21-8-10-27-11-9-21)13-7-12-28-14-16-31-17-15-28/h8-11,18-19H,4-7,12-17,20H2,1-3H3. The first-order chi connectivity index (χ1) is 16.7. The lowest BCUT2D eigenvalue weighted by atomic mass is 10.1. The Balaban J connectivity index is 1.83. The van der Waals surface area contributed by atoms with Crippen LogP contribution in [0.4, 0.5) is 0 Å². The third-order valence-electron chi connectivity index (χ3n) is 5.57. The van der Waals surface area contributed by atoms with Gasteiger partial charge in [0.1, 0.15) is 0 Å². The number of carbonyl (C=O) groups is 1. The summed E-state index contributed by atoms with van der Waals surface area (Å²) in [6.07, 6.45) is 4.39. The van der Waals surface area contributed by atoms with Crippen molar-refractivity contribution in [1.29, 1.82) is 0 Å². The smallest absolute Gasteiger partial charge is 0.254 e. The summed E-state index contributed by atoms with van der Waals surface area (Å²) in [7, 11) is 0. The number of morpholine rings is 1. The zero-order chi connectivity index (χ0) is 24.2. The molecule has 1 aromatic heterocycles. The molecule has 0 saturated carbocycles. The van der Waals surface area contributed by atoms with E-state index < -0.39 is 0 Å². The van der Waals surface area contributed by atoms with E-state index >= 15 is 0 Å². The first-order valence-corrected chi connectivity index (χ1v) is 12.2. The average Bonchev–Trinajstić information content (AvgIpc) is 2.86. The van der Waals surface area contributed by atoms with E-state index in [0.29, 0.717) is 55.7 Å². The molecule has 1 amide bonds. The number of hydrogen-bond acceptors (Lipinski definition) is 7. The highest BCUT2D eigenvalue weighted by Crippen LogP contribution is 2.39. The number of nitrogens with zero attached hydrogens (tertiary/aromatic N) is 3. The maximum Gasteiger partial charge on any atom is 0.254 e. The number of rotatable bonds is 13. The Labute approximate surface area is 202 Å². The molecule has 34 heavy (non-hydrogen) atoms. The van der Waals surface area contributed by atoms with Crippen LogP contribution in [-0.2, 0) is 11.3 Å². The fourth-order valence-electron chi connectivity index (χ4n) is 3.97.